The van der Waals surface area contributed by atoms with Gasteiger partial charge in [-0.2, -0.15) is 0 Å². The van der Waals surface area contributed by atoms with Crippen molar-refractivity contribution in [2.24, 2.45) is 0 Å². The zero-order valence-electron chi connectivity index (χ0n) is 16.5. The maximum Gasteiger partial charge on any atom is 0.0780 e. The van der Waals surface area contributed by atoms with E-state index in [-0.39, 0.29) is 35.0 Å². The number of quaternary nitrogens is 1. The number of unbranched alkanes of at least 4 members (excludes halogenated alkanes) is 13. The summed E-state index contributed by atoms with van der Waals surface area (Å²) >= 11 is 0. The maximum absolute atomic E-state index is 2.29. The van der Waals surface area contributed by atoms with Crippen molar-refractivity contribution >= 4 is 29.6 Å². The van der Waals surface area contributed by atoms with Gasteiger partial charge in [0.15, 0.2) is 0 Å². The SMILES string of the molecule is CCCCCCCCCCCCCCCC[N+](C)(C)C.[Na].[OH-]. The number of hydrogen-bond acceptors (Lipinski definition) is 1. The van der Waals surface area contributed by atoms with Gasteiger partial charge in [-0.1, -0.05) is 84.0 Å². The quantitative estimate of drug-likeness (QED) is 0.218. The summed E-state index contributed by atoms with van der Waals surface area (Å²) in [5, 5.41) is 0. The second kappa shape index (κ2) is 20.0. The van der Waals surface area contributed by atoms with E-state index in [9.17, 15) is 0 Å². The predicted octanol–water partition coefficient (Wildman–Crippen LogP) is 5.62. The van der Waals surface area contributed by atoms with E-state index >= 15 is 0 Å². The van der Waals surface area contributed by atoms with Gasteiger partial charge in [-0.15, -0.1) is 0 Å². The molecule has 0 aliphatic rings. The van der Waals surface area contributed by atoms with Gasteiger partial charge in [0.2, 0.25) is 0 Å². The minimum absolute atomic E-state index is 0. The molecule has 0 spiro atoms. The summed E-state index contributed by atoms with van der Waals surface area (Å²) in [6.07, 6.45) is 20.4. The van der Waals surface area contributed by atoms with Crippen LogP contribution in [-0.4, -0.2) is 67.2 Å². The molecule has 2 nitrogen and oxygen atoms in total. The van der Waals surface area contributed by atoms with E-state index in [4.69, 9.17) is 0 Å². The molecule has 3 heteroatoms. The zero-order valence-corrected chi connectivity index (χ0v) is 18.5. The van der Waals surface area contributed by atoms with Gasteiger partial charge >= 0.3 is 0 Å². The summed E-state index contributed by atoms with van der Waals surface area (Å²) in [5.74, 6) is 0. The van der Waals surface area contributed by atoms with E-state index in [1.54, 1.807) is 0 Å². The zero-order chi connectivity index (χ0) is 15.1. The van der Waals surface area contributed by atoms with Gasteiger partial charge in [-0.05, 0) is 12.8 Å². The Morgan fingerprint density at radius 3 is 1.05 bits per heavy atom. The Morgan fingerprint density at radius 1 is 0.500 bits per heavy atom. The Bertz CT molecular complexity index is 192. The monoisotopic (exact) mass is 324 g/mol. The smallest absolute Gasteiger partial charge is 0.0780 e. The van der Waals surface area contributed by atoms with Crippen molar-refractivity contribution in [3.05, 3.63) is 0 Å². The molecule has 0 aromatic heterocycles. The van der Waals surface area contributed by atoms with Crippen LogP contribution in [0.2, 0.25) is 0 Å². The average molecular weight is 325 g/mol. The second-order valence-electron chi connectivity index (χ2n) is 7.61. The van der Waals surface area contributed by atoms with Crippen LogP contribution in [0.5, 0.6) is 0 Å². The molecule has 0 rings (SSSR count). The van der Waals surface area contributed by atoms with Crippen molar-refractivity contribution in [2.75, 3.05) is 27.7 Å². The maximum atomic E-state index is 2.29. The fraction of sp³-hybridized carbons (Fsp3) is 1.00. The first kappa shape index (κ1) is 27.8. The summed E-state index contributed by atoms with van der Waals surface area (Å²) < 4.78 is 1.12. The van der Waals surface area contributed by atoms with Crippen molar-refractivity contribution in [3.8, 4) is 0 Å². The van der Waals surface area contributed by atoms with Crippen LogP contribution in [0.25, 0.3) is 0 Å². The Balaban J connectivity index is -0.00000180. The molecule has 0 heterocycles. The molecule has 0 saturated heterocycles. The van der Waals surface area contributed by atoms with Crippen molar-refractivity contribution in [3.63, 3.8) is 0 Å². The molecule has 0 fully saturated rings. The Morgan fingerprint density at radius 2 is 0.773 bits per heavy atom. The molecule has 0 aliphatic carbocycles. The van der Waals surface area contributed by atoms with Crippen LogP contribution in [0, 0.1) is 0 Å². The molecule has 1 radical (unpaired) electrons. The van der Waals surface area contributed by atoms with E-state index in [0.717, 1.165) is 4.48 Å². The van der Waals surface area contributed by atoms with Crippen LogP contribution in [0.15, 0.2) is 0 Å². The van der Waals surface area contributed by atoms with E-state index in [1.165, 1.54) is 96.4 Å². The van der Waals surface area contributed by atoms with Crippen molar-refractivity contribution in [2.45, 2.75) is 96.8 Å². The number of nitrogens with zero attached hydrogens (tertiary/aromatic N) is 1. The molecule has 131 valence electrons. The topological polar surface area (TPSA) is 30.0 Å². The van der Waals surface area contributed by atoms with E-state index < -0.39 is 0 Å². The molecule has 0 aromatic carbocycles. The molecule has 0 aliphatic heterocycles. The Kier molecular flexibility index (Phi) is 25.2. The predicted molar refractivity (Wildman–Crippen MR) is 101 cm³/mol. The third kappa shape index (κ3) is 25.9. The van der Waals surface area contributed by atoms with Gasteiger partial charge < -0.3 is 9.96 Å². The fourth-order valence-corrected chi connectivity index (χ4v) is 2.78. The third-order valence-corrected chi connectivity index (χ3v) is 4.18. The fourth-order valence-electron chi connectivity index (χ4n) is 2.78. The van der Waals surface area contributed by atoms with Gasteiger partial charge in [0.05, 0.1) is 27.7 Å². The molecule has 0 unspecified atom stereocenters. The van der Waals surface area contributed by atoms with Gasteiger partial charge in [-0.25, -0.2) is 0 Å². The van der Waals surface area contributed by atoms with Crippen molar-refractivity contribution in [1.29, 1.82) is 0 Å². The molecule has 0 saturated carbocycles. The molecule has 22 heavy (non-hydrogen) atoms. The normalized spacial score (nSPS) is 10.9. The van der Waals surface area contributed by atoms with Crippen LogP contribution in [0.3, 0.4) is 0 Å². The van der Waals surface area contributed by atoms with Crippen LogP contribution < -0.4 is 0 Å². The summed E-state index contributed by atoms with van der Waals surface area (Å²) in [6, 6.07) is 0. The molecule has 0 atom stereocenters. The first-order chi connectivity index (χ1) is 9.56. The van der Waals surface area contributed by atoms with Crippen LogP contribution in [-0.2, 0) is 0 Å². The van der Waals surface area contributed by atoms with Crippen LogP contribution in [0.4, 0.5) is 0 Å². The van der Waals surface area contributed by atoms with Gasteiger partial charge in [0.1, 0.15) is 0 Å². The first-order valence-corrected chi connectivity index (χ1v) is 9.36. The van der Waals surface area contributed by atoms with Crippen molar-refractivity contribution < 1.29 is 9.96 Å². The van der Waals surface area contributed by atoms with Crippen LogP contribution >= 0.6 is 0 Å². The largest absolute Gasteiger partial charge is 0.870 e. The first-order valence-electron chi connectivity index (χ1n) is 9.36. The minimum Gasteiger partial charge on any atom is -0.870 e. The second-order valence-corrected chi connectivity index (χ2v) is 7.61. The van der Waals surface area contributed by atoms with E-state index in [2.05, 4.69) is 28.1 Å². The molecular weight excluding hydrogens is 281 g/mol. The molecular formula is C19H43NNaO. The van der Waals surface area contributed by atoms with E-state index in [0.29, 0.717) is 0 Å². The number of rotatable bonds is 15. The van der Waals surface area contributed by atoms with Gasteiger partial charge in [-0.3, -0.25) is 0 Å². The van der Waals surface area contributed by atoms with Gasteiger partial charge in [0, 0.05) is 29.6 Å². The third-order valence-electron chi connectivity index (χ3n) is 4.18. The molecule has 1 N–H and O–H groups in total. The number of hydrogen-bond donors (Lipinski definition) is 0. The van der Waals surface area contributed by atoms with Crippen molar-refractivity contribution in [1.82, 2.24) is 0 Å². The standard InChI is InChI=1S/C19H42N.Na.H2O/c1-5-6-7-8-9-10-11-12-13-14-15-16-17-18-19-20(2,3)4;;/h5-19H2,1-4H3;;1H2/q+1;;/p-1. The summed E-state index contributed by atoms with van der Waals surface area (Å²) in [7, 11) is 6.88. The van der Waals surface area contributed by atoms with Crippen LogP contribution in [0.1, 0.15) is 96.8 Å². The summed E-state index contributed by atoms with van der Waals surface area (Å²) in [5.41, 5.74) is 0. The van der Waals surface area contributed by atoms with E-state index in [1.807, 2.05) is 0 Å². The Hall–Kier alpha value is 0.920. The molecule has 0 bridgehead atoms. The minimum atomic E-state index is 0. The Labute approximate surface area is 163 Å². The molecule has 0 amide bonds. The van der Waals surface area contributed by atoms with Gasteiger partial charge in [0.25, 0.3) is 0 Å². The summed E-state index contributed by atoms with van der Waals surface area (Å²) in [6.45, 7) is 3.63. The molecule has 0 aromatic rings. The average Bonchev–Trinajstić information content (AvgIpc) is 2.38. The summed E-state index contributed by atoms with van der Waals surface area (Å²) in [4.78, 5) is 0.